The molecule has 2 nitrogen and oxygen atoms in total. The van der Waals surface area contributed by atoms with Crippen LogP contribution in [0.4, 0.5) is 0 Å². The maximum absolute atomic E-state index is 4.34. The van der Waals surface area contributed by atoms with Gasteiger partial charge in [0.2, 0.25) is 0 Å². The van der Waals surface area contributed by atoms with Crippen LogP contribution >= 0.6 is 11.3 Å². The lowest BCUT2D eigenvalue weighted by Crippen LogP contribution is -2.03. The van der Waals surface area contributed by atoms with Crippen molar-refractivity contribution < 1.29 is 0 Å². The average Bonchev–Trinajstić information content (AvgIpc) is 2.69. The highest BCUT2D eigenvalue weighted by molar-refractivity contribution is 7.13. The van der Waals surface area contributed by atoms with Crippen molar-refractivity contribution in [3.05, 3.63) is 29.9 Å². The van der Waals surface area contributed by atoms with Crippen molar-refractivity contribution in [2.45, 2.75) is 20.4 Å². The lowest BCUT2D eigenvalue weighted by Gasteiger charge is -2.03. The Hall–Kier alpha value is -1.09. The molecule has 2 aromatic heterocycles. The summed E-state index contributed by atoms with van der Waals surface area (Å²) >= 11 is 1.75. The monoisotopic (exact) mass is 206 g/mol. The number of aromatic nitrogens is 2. The van der Waals surface area contributed by atoms with Crippen LogP contribution in [-0.4, -0.2) is 9.78 Å². The van der Waals surface area contributed by atoms with Gasteiger partial charge in [-0.1, -0.05) is 19.9 Å². The van der Waals surface area contributed by atoms with Gasteiger partial charge in [-0.05, 0) is 17.4 Å². The van der Waals surface area contributed by atoms with E-state index in [1.165, 1.54) is 10.4 Å². The molecule has 0 unspecified atom stereocenters. The molecule has 0 fully saturated rings. The van der Waals surface area contributed by atoms with Crippen molar-refractivity contribution in [3.8, 4) is 10.4 Å². The molecule has 14 heavy (non-hydrogen) atoms. The first-order valence-corrected chi connectivity index (χ1v) is 5.70. The summed E-state index contributed by atoms with van der Waals surface area (Å²) in [5, 5.41) is 6.43. The minimum Gasteiger partial charge on any atom is -0.272 e. The molecule has 0 atom stereocenters. The van der Waals surface area contributed by atoms with Crippen LogP contribution in [0.15, 0.2) is 29.9 Å². The van der Waals surface area contributed by atoms with E-state index < -0.39 is 0 Å². The van der Waals surface area contributed by atoms with E-state index in [2.05, 4.69) is 42.7 Å². The highest BCUT2D eigenvalue weighted by Gasteiger charge is 2.03. The van der Waals surface area contributed by atoms with E-state index in [0.29, 0.717) is 5.92 Å². The van der Waals surface area contributed by atoms with Gasteiger partial charge in [0.05, 0.1) is 6.20 Å². The Morgan fingerprint density at radius 3 is 3.00 bits per heavy atom. The van der Waals surface area contributed by atoms with Crippen LogP contribution < -0.4 is 0 Å². The molecule has 0 N–H and O–H groups in total. The molecule has 0 saturated heterocycles. The fourth-order valence-electron chi connectivity index (χ4n) is 1.41. The largest absolute Gasteiger partial charge is 0.272 e. The highest BCUT2D eigenvalue weighted by atomic mass is 32.1. The van der Waals surface area contributed by atoms with E-state index in [1.807, 2.05) is 10.9 Å². The van der Waals surface area contributed by atoms with Gasteiger partial charge >= 0.3 is 0 Å². The van der Waals surface area contributed by atoms with Crippen molar-refractivity contribution in [3.63, 3.8) is 0 Å². The lowest BCUT2D eigenvalue weighted by atomic mass is 10.2. The first-order valence-electron chi connectivity index (χ1n) is 4.82. The van der Waals surface area contributed by atoms with Crippen LogP contribution in [0, 0.1) is 5.92 Å². The number of nitrogens with zero attached hydrogens (tertiary/aromatic N) is 2. The lowest BCUT2D eigenvalue weighted by molar-refractivity contribution is 0.483. The minimum absolute atomic E-state index is 0.645. The molecule has 0 spiro atoms. The number of hydrogen-bond acceptors (Lipinski definition) is 2. The van der Waals surface area contributed by atoms with Gasteiger partial charge in [-0.3, -0.25) is 4.68 Å². The second kappa shape index (κ2) is 3.96. The van der Waals surface area contributed by atoms with Gasteiger partial charge in [0, 0.05) is 23.2 Å². The molecular weight excluding hydrogens is 192 g/mol. The van der Waals surface area contributed by atoms with Gasteiger partial charge in [0.25, 0.3) is 0 Å². The van der Waals surface area contributed by atoms with Crippen LogP contribution in [0.25, 0.3) is 10.4 Å². The third-order valence-electron chi connectivity index (χ3n) is 1.99. The quantitative estimate of drug-likeness (QED) is 0.753. The average molecular weight is 206 g/mol. The van der Waals surface area contributed by atoms with E-state index in [0.717, 1.165) is 6.54 Å². The molecule has 0 bridgehead atoms. The summed E-state index contributed by atoms with van der Waals surface area (Å²) in [6.07, 6.45) is 4.06. The van der Waals surface area contributed by atoms with Crippen molar-refractivity contribution in [1.29, 1.82) is 0 Å². The molecule has 0 amide bonds. The summed E-state index contributed by atoms with van der Waals surface area (Å²) in [6.45, 7) is 5.39. The van der Waals surface area contributed by atoms with Crippen LogP contribution in [0.2, 0.25) is 0 Å². The van der Waals surface area contributed by atoms with Gasteiger partial charge in [-0.2, -0.15) is 5.10 Å². The first kappa shape index (κ1) is 9.46. The second-order valence-electron chi connectivity index (χ2n) is 3.82. The van der Waals surface area contributed by atoms with E-state index in [9.17, 15) is 0 Å². The SMILES string of the molecule is CC(C)Cn1cc(-c2cccs2)cn1. The van der Waals surface area contributed by atoms with Crippen molar-refractivity contribution in [1.82, 2.24) is 9.78 Å². The van der Waals surface area contributed by atoms with E-state index in [4.69, 9.17) is 0 Å². The molecule has 0 aliphatic heterocycles. The van der Waals surface area contributed by atoms with Gasteiger partial charge in [0.1, 0.15) is 0 Å². The Bertz CT molecular complexity index is 387. The summed E-state index contributed by atoms with van der Waals surface area (Å²) in [6, 6.07) is 4.20. The maximum atomic E-state index is 4.34. The van der Waals surface area contributed by atoms with Gasteiger partial charge in [0.15, 0.2) is 0 Å². The topological polar surface area (TPSA) is 17.8 Å². The van der Waals surface area contributed by atoms with E-state index in [-0.39, 0.29) is 0 Å². The molecule has 2 heterocycles. The number of thiophene rings is 1. The molecule has 2 aromatic rings. The summed E-state index contributed by atoms with van der Waals surface area (Å²) in [5.41, 5.74) is 1.22. The zero-order valence-electron chi connectivity index (χ0n) is 8.47. The summed E-state index contributed by atoms with van der Waals surface area (Å²) in [5.74, 6) is 0.645. The summed E-state index contributed by atoms with van der Waals surface area (Å²) in [7, 11) is 0. The van der Waals surface area contributed by atoms with Gasteiger partial charge < -0.3 is 0 Å². The standard InChI is InChI=1S/C11H14N2S/c1-9(2)7-13-8-10(6-12-13)11-4-3-5-14-11/h3-6,8-9H,7H2,1-2H3. The Morgan fingerprint density at radius 1 is 1.50 bits per heavy atom. The fraction of sp³-hybridized carbons (Fsp3) is 0.364. The molecule has 0 aliphatic carbocycles. The smallest absolute Gasteiger partial charge is 0.0576 e. The Labute approximate surface area is 88.2 Å². The van der Waals surface area contributed by atoms with Crippen LogP contribution in [0.1, 0.15) is 13.8 Å². The summed E-state index contributed by atoms with van der Waals surface area (Å²) < 4.78 is 2.01. The van der Waals surface area contributed by atoms with Gasteiger partial charge in [-0.15, -0.1) is 11.3 Å². The number of rotatable bonds is 3. The predicted molar refractivity (Wildman–Crippen MR) is 60.4 cm³/mol. The van der Waals surface area contributed by atoms with Crippen LogP contribution in [0.5, 0.6) is 0 Å². The molecule has 0 radical (unpaired) electrons. The Balaban J connectivity index is 2.18. The van der Waals surface area contributed by atoms with Crippen molar-refractivity contribution in [2.75, 3.05) is 0 Å². The third-order valence-corrected chi connectivity index (χ3v) is 2.91. The Morgan fingerprint density at radius 2 is 2.36 bits per heavy atom. The normalized spacial score (nSPS) is 11.1. The maximum Gasteiger partial charge on any atom is 0.0576 e. The third kappa shape index (κ3) is 2.04. The van der Waals surface area contributed by atoms with E-state index in [1.54, 1.807) is 11.3 Å². The molecule has 74 valence electrons. The Kier molecular flexibility index (Phi) is 2.68. The zero-order valence-corrected chi connectivity index (χ0v) is 9.29. The van der Waals surface area contributed by atoms with Crippen molar-refractivity contribution >= 4 is 11.3 Å². The first-order chi connectivity index (χ1) is 6.75. The fourth-order valence-corrected chi connectivity index (χ4v) is 2.11. The van der Waals surface area contributed by atoms with Gasteiger partial charge in [-0.25, -0.2) is 0 Å². The molecule has 0 aromatic carbocycles. The summed E-state index contributed by atoms with van der Waals surface area (Å²) in [4.78, 5) is 1.29. The molecule has 3 heteroatoms. The second-order valence-corrected chi connectivity index (χ2v) is 4.77. The predicted octanol–water partition coefficient (Wildman–Crippen LogP) is 3.27. The number of hydrogen-bond donors (Lipinski definition) is 0. The molecule has 2 rings (SSSR count). The molecular formula is C11H14N2S. The van der Waals surface area contributed by atoms with Crippen LogP contribution in [0.3, 0.4) is 0 Å². The molecule has 0 saturated carbocycles. The van der Waals surface area contributed by atoms with E-state index >= 15 is 0 Å². The zero-order chi connectivity index (χ0) is 9.97. The van der Waals surface area contributed by atoms with Crippen LogP contribution in [-0.2, 0) is 6.54 Å². The van der Waals surface area contributed by atoms with Crippen molar-refractivity contribution in [2.24, 2.45) is 5.92 Å². The molecule has 0 aliphatic rings. The minimum atomic E-state index is 0.645. The highest BCUT2D eigenvalue weighted by Crippen LogP contribution is 2.23.